The zero-order valence-corrected chi connectivity index (χ0v) is 14.2. The summed E-state index contributed by atoms with van der Waals surface area (Å²) in [5.41, 5.74) is 0. The Bertz CT molecular complexity index is 1470. The van der Waals surface area contributed by atoms with Crippen LogP contribution in [0, 0.1) is 0 Å². The van der Waals surface area contributed by atoms with Crippen LogP contribution in [-0.2, 0) is 0 Å². The van der Waals surface area contributed by atoms with Gasteiger partial charge in [0.15, 0.2) is 0 Å². The molecule has 26 heavy (non-hydrogen) atoms. The molecule has 0 N–H and O–H groups in total. The van der Waals surface area contributed by atoms with Crippen molar-refractivity contribution in [1.82, 2.24) is 0 Å². The van der Waals surface area contributed by atoms with Gasteiger partial charge in [-0.05, 0) is 78.1 Å². The van der Waals surface area contributed by atoms with Crippen LogP contribution in [0.25, 0.3) is 53.9 Å². The minimum atomic E-state index is 1.30. The van der Waals surface area contributed by atoms with Gasteiger partial charge in [0, 0.05) is 0 Å². The number of hydrogen-bond donors (Lipinski definition) is 0. The highest BCUT2D eigenvalue weighted by Crippen LogP contribution is 2.35. The average Bonchev–Trinajstić information content (AvgIpc) is 2.70. The fourth-order valence-corrected chi connectivity index (χ4v) is 4.27. The van der Waals surface area contributed by atoms with Crippen LogP contribution in [0.4, 0.5) is 0 Å². The van der Waals surface area contributed by atoms with Gasteiger partial charge in [-0.15, -0.1) is 0 Å². The molecule has 0 unspecified atom stereocenters. The average molecular weight is 328 g/mol. The molecule has 6 aromatic carbocycles. The van der Waals surface area contributed by atoms with Crippen LogP contribution in [0.3, 0.4) is 0 Å². The van der Waals surface area contributed by atoms with Gasteiger partial charge in [0.2, 0.25) is 0 Å². The van der Waals surface area contributed by atoms with Crippen molar-refractivity contribution < 1.29 is 0 Å². The lowest BCUT2D eigenvalue weighted by Gasteiger charge is -2.10. The molecule has 0 aromatic heterocycles. The Morgan fingerprint density at radius 1 is 0.308 bits per heavy atom. The van der Waals surface area contributed by atoms with Crippen molar-refractivity contribution in [2.45, 2.75) is 0 Å². The van der Waals surface area contributed by atoms with E-state index >= 15 is 0 Å². The van der Waals surface area contributed by atoms with E-state index in [0.717, 1.165) is 0 Å². The fraction of sp³-hybridized carbons (Fsp3) is 0. The lowest BCUT2D eigenvalue weighted by Crippen LogP contribution is -1.83. The summed E-state index contributed by atoms with van der Waals surface area (Å²) in [5.74, 6) is 0. The predicted molar refractivity (Wildman–Crippen MR) is 114 cm³/mol. The molecule has 0 radical (unpaired) electrons. The minimum Gasteiger partial charge on any atom is -0.0616 e. The second-order valence-corrected chi connectivity index (χ2v) is 7.07. The van der Waals surface area contributed by atoms with Gasteiger partial charge in [-0.25, -0.2) is 0 Å². The molecule has 0 heteroatoms. The first-order valence-electron chi connectivity index (χ1n) is 9.04. The van der Waals surface area contributed by atoms with Crippen LogP contribution in [0.1, 0.15) is 0 Å². The topological polar surface area (TPSA) is 0 Å². The van der Waals surface area contributed by atoms with Crippen molar-refractivity contribution in [2.75, 3.05) is 0 Å². The molecule has 0 heterocycles. The largest absolute Gasteiger partial charge is 0.0616 e. The zero-order valence-electron chi connectivity index (χ0n) is 14.2. The normalized spacial score (nSPS) is 11.8. The van der Waals surface area contributed by atoms with E-state index in [0.29, 0.717) is 0 Å². The van der Waals surface area contributed by atoms with Crippen molar-refractivity contribution in [3.05, 3.63) is 97.1 Å². The highest BCUT2D eigenvalue weighted by Gasteiger charge is 2.07. The first kappa shape index (κ1) is 13.9. The molecule has 6 aromatic rings. The Labute approximate surface area is 151 Å². The molecular weight excluding hydrogens is 312 g/mol. The summed E-state index contributed by atoms with van der Waals surface area (Å²) in [7, 11) is 0. The summed E-state index contributed by atoms with van der Waals surface area (Å²) in [6.07, 6.45) is 0. The van der Waals surface area contributed by atoms with Crippen molar-refractivity contribution in [2.24, 2.45) is 0 Å². The van der Waals surface area contributed by atoms with Gasteiger partial charge in [-0.3, -0.25) is 0 Å². The fourth-order valence-electron chi connectivity index (χ4n) is 4.27. The van der Waals surface area contributed by atoms with E-state index in [4.69, 9.17) is 0 Å². The number of fused-ring (bicyclic) bond motifs is 7. The standard InChI is InChI=1S/C26H16/c1-2-7-20-14-23-16-25-21(15-22(23)13-19(20)6-1)12-11-18-10-9-17-5-3-4-8-24(17)26(18)25/h1-16H. The van der Waals surface area contributed by atoms with Crippen LogP contribution in [-0.4, -0.2) is 0 Å². The van der Waals surface area contributed by atoms with Gasteiger partial charge in [-0.2, -0.15) is 0 Å². The first-order chi connectivity index (χ1) is 12.9. The summed E-state index contributed by atoms with van der Waals surface area (Å²) in [6, 6.07) is 35.5. The lowest BCUT2D eigenvalue weighted by atomic mass is 9.93. The molecule has 0 aliphatic carbocycles. The quantitative estimate of drug-likeness (QED) is 0.200. The molecule has 0 saturated carbocycles. The van der Waals surface area contributed by atoms with Crippen molar-refractivity contribution in [3.8, 4) is 0 Å². The van der Waals surface area contributed by atoms with E-state index in [9.17, 15) is 0 Å². The van der Waals surface area contributed by atoms with E-state index in [1.54, 1.807) is 0 Å². The second kappa shape index (κ2) is 5.06. The Morgan fingerprint density at radius 2 is 0.846 bits per heavy atom. The van der Waals surface area contributed by atoms with Crippen molar-refractivity contribution >= 4 is 53.9 Å². The van der Waals surface area contributed by atoms with E-state index in [-0.39, 0.29) is 0 Å². The van der Waals surface area contributed by atoms with Crippen LogP contribution in [0.2, 0.25) is 0 Å². The highest BCUT2D eigenvalue weighted by atomic mass is 14.1. The second-order valence-electron chi connectivity index (χ2n) is 7.07. The predicted octanol–water partition coefficient (Wildman–Crippen LogP) is 7.45. The molecule has 0 aliphatic rings. The third-order valence-electron chi connectivity index (χ3n) is 5.55. The van der Waals surface area contributed by atoms with E-state index < -0.39 is 0 Å². The van der Waals surface area contributed by atoms with Gasteiger partial charge >= 0.3 is 0 Å². The first-order valence-corrected chi connectivity index (χ1v) is 9.04. The molecule has 0 nitrogen and oxygen atoms in total. The molecule has 0 spiro atoms. The Balaban J connectivity index is 1.84. The highest BCUT2D eigenvalue weighted by molar-refractivity contribution is 6.22. The van der Waals surface area contributed by atoms with E-state index in [1.165, 1.54) is 53.9 Å². The summed E-state index contributed by atoms with van der Waals surface area (Å²) in [6.45, 7) is 0. The summed E-state index contributed by atoms with van der Waals surface area (Å²) >= 11 is 0. The molecule has 120 valence electrons. The summed E-state index contributed by atoms with van der Waals surface area (Å²) in [4.78, 5) is 0. The third kappa shape index (κ3) is 1.90. The number of rotatable bonds is 0. The van der Waals surface area contributed by atoms with Crippen LogP contribution in [0.15, 0.2) is 97.1 Å². The molecule has 0 fully saturated rings. The maximum Gasteiger partial charge on any atom is -0.00266 e. The Morgan fingerprint density at radius 3 is 1.62 bits per heavy atom. The number of benzene rings is 6. The molecule has 0 amide bonds. The van der Waals surface area contributed by atoms with Crippen molar-refractivity contribution in [3.63, 3.8) is 0 Å². The van der Waals surface area contributed by atoms with Crippen LogP contribution >= 0.6 is 0 Å². The summed E-state index contributed by atoms with van der Waals surface area (Å²) < 4.78 is 0. The SMILES string of the molecule is c1ccc2cc3cc4c(ccc5ccc6ccccc6c54)cc3cc2c1. The monoisotopic (exact) mass is 328 g/mol. The molecule has 6 rings (SSSR count). The van der Waals surface area contributed by atoms with E-state index in [1.807, 2.05) is 0 Å². The minimum absolute atomic E-state index is 1.30. The molecular formula is C26H16. The van der Waals surface area contributed by atoms with Gasteiger partial charge in [0.25, 0.3) is 0 Å². The maximum atomic E-state index is 2.37. The molecule has 0 saturated heterocycles. The lowest BCUT2D eigenvalue weighted by molar-refractivity contribution is 1.78. The molecule has 0 aliphatic heterocycles. The smallest absolute Gasteiger partial charge is 0.00266 e. The zero-order chi connectivity index (χ0) is 17.1. The Hall–Kier alpha value is -3.38. The van der Waals surface area contributed by atoms with Crippen LogP contribution in [0.5, 0.6) is 0 Å². The van der Waals surface area contributed by atoms with E-state index in [2.05, 4.69) is 97.1 Å². The third-order valence-corrected chi connectivity index (χ3v) is 5.55. The maximum absolute atomic E-state index is 2.37. The molecule has 0 atom stereocenters. The van der Waals surface area contributed by atoms with Crippen LogP contribution < -0.4 is 0 Å². The van der Waals surface area contributed by atoms with Gasteiger partial charge < -0.3 is 0 Å². The van der Waals surface area contributed by atoms with Gasteiger partial charge in [0.1, 0.15) is 0 Å². The Kier molecular flexibility index (Phi) is 2.70. The van der Waals surface area contributed by atoms with Gasteiger partial charge in [-0.1, -0.05) is 72.8 Å². The number of hydrogen-bond acceptors (Lipinski definition) is 0. The molecule has 0 bridgehead atoms. The van der Waals surface area contributed by atoms with Gasteiger partial charge in [0.05, 0.1) is 0 Å². The summed E-state index contributed by atoms with van der Waals surface area (Å²) in [5, 5.41) is 13.1. The van der Waals surface area contributed by atoms with Crippen molar-refractivity contribution in [1.29, 1.82) is 0 Å².